The van der Waals surface area contributed by atoms with E-state index in [0.29, 0.717) is 22.8 Å². The highest BCUT2D eigenvalue weighted by atomic mass is 16.5. The Kier molecular flexibility index (Phi) is 5.25. The van der Waals surface area contributed by atoms with Crippen LogP contribution in [-0.4, -0.2) is 25.3 Å². The van der Waals surface area contributed by atoms with Gasteiger partial charge in [0.2, 0.25) is 0 Å². The highest BCUT2D eigenvalue weighted by Crippen LogP contribution is 2.37. The van der Waals surface area contributed by atoms with Gasteiger partial charge in [-0.05, 0) is 24.6 Å². The first-order chi connectivity index (χ1) is 11.1. The van der Waals surface area contributed by atoms with Gasteiger partial charge < -0.3 is 19.3 Å². The summed E-state index contributed by atoms with van der Waals surface area (Å²) in [4.78, 5) is 11.4. The molecule has 120 valence electrons. The van der Waals surface area contributed by atoms with Gasteiger partial charge in [-0.3, -0.25) is 0 Å². The molecule has 0 atom stereocenters. The monoisotopic (exact) mass is 314 g/mol. The van der Waals surface area contributed by atoms with E-state index in [9.17, 15) is 9.90 Å². The Morgan fingerprint density at radius 3 is 2.39 bits per heavy atom. The lowest BCUT2D eigenvalue weighted by atomic mass is 10.1. The third-order valence-electron chi connectivity index (χ3n) is 3.24. The first-order valence-electron chi connectivity index (χ1n) is 6.95. The van der Waals surface area contributed by atoms with Crippen LogP contribution in [0.1, 0.15) is 11.1 Å². The number of aryl methyl sites for hydroxylation is 1. The maximum Gasteiger partial charge on any atom is 0.339 e. The largest absolute Gasteiger partial charge is 0.503 e. The van der Waals surface area contributed by atoms with Crippen molar-refractivity contribution in [3.63, 3.8) is 0 Å². The Labute approximate surface area is 134 Å². The standard InChI is InChI=1S/C18H18O5/c1-12-7-6-10-16(17(12)22-3)23-15-9-5-4-8-13(15)14(11-21-2)18(19)20/h4-11H,1-3H3,(H,19,20)/b14-11+. The Morgan fingerprint density at radius 2 is 1.74 bits per heavy atom. The normalized spacial score (nSPS) is 11.0. The van der Waals surface area contributed by atoms with Gasteiger partial charge in [0.15, 0.2) is 11.5 Å². The van der Waals surface area contributed by atoms with Crippen LogP contribution >= 0.6 is 0 Å². The zero-order chi connectivity index (χ0) is 16.8. The summed E-state index contributed by atoms with van der Waals surface area (Å²) < 4.78 is 16.1. The zero-order valence-electron chi connectivity index (χ0n) is 13.2. The van der Waals surface area contributed by atoms with E-state index in [1.165, 1.54) is 13.4 Å². The second-order valence-electron chi connectivity index (χ2n) is 4.78. The van der Waals surface area contributed by atoms with E-state index in [1.54, 1.807) is 37.4 Å². The minimum absolute atomic E-state index is 0.00900. The number of benzene rings is 2. The number of para-hydroxylation sites is 2. The summed E-state index contributed by atoms with van der Waals surface area (Å²) in [5, 5.41) is 9.36. The predicted octanol–water partition coefficient (Wildman–Crippen LogP) is 3.87. The molecule has 5 nitrogen and oxygen atoms in total. The van der Waals surface area contributed by atoms with Crippen molar-refractivity contribution < 1.29 is 24.1 Å². The molecule has 0 amide bonds. The van der Waals surface area contributed by atoms with Crippen molar-refractivity contribution in [2.45, 2.75) is 6.92 Å². The SMILES string of the molecule is CO/C=C(/C(=O)O)c1ccccc1Oc1cccc(C)c1OC. The highest BCUT2D eigenvalue weighted by molar-refractivity contribution is 6.15. The Balaban J connectivity index is 2.49. The molecule has 0 aliphatic rings. The van der Waals surface area contributed by atoms with Crippen LogP contribution in [0, 0.1) is 6.92 Å². The van der Waals surface area contributed by atoms with E-state index in [0.717, 1.165) is 5.56 Å². The van der Waals surface area contributed by atoms with Crippen molar-refractivity contribution in [3.8, 4) is 17.2 Å². The summed E-state index contributed by atoms with van der Waals surface area (Å²) in [6.07, 6.45) is 1.18. The smallest absolute Gasteiger partial charge is 0.339 e. The van der Waals surface area contributed by atoms with Crippen LogP contribution < -0.4 is 9.47 Å². The summed E-state index contributed by atoms with van der Waals surface area (Å²) >= 11 is 0. The Morgan fingerprint density at radius 1 is 1.04 bits per heavy atom. The van der Waals surface area contributed by atoms with Gasteiger partial charge in [-0.15, -0.1) is 0 Å². The molecule has 0 aromatic heterocycles. The number of rotatable bonds is 6. The van der Waals surface area contributed by atoms with Gasteiger partial charge in [0, 0.05) is 5.56 Å². The molecule has 2 aromatic carbocycles. The summed E-state index contributed by atoms with van der Waals surface area (Å²) in [7, 11) is 2.96. The predicted molar refractivity (Wildman–Crippen MR) is 86.9 cm³/mol. The van der Waals surface area contributed by atoms with E-state index in [2.05, 4.69) is 0 Å². The molecule has 23 heavy (non-hydrogen) atoms. The van der Waals surface area contributed by atoms with Gasteiger partial charge in [-0.2, -0.15) is 0 Å². The molecule has 0 fully saturated rings. The molecule has 0 saturated carbocycles. The summed E-state index contributed by atoms with van der Waals surface area (Å²) in [5.41, 5.74) is 1.36. The zero-order valence-corrected chi connectivity index (χ0v) is 13.2. The quantitative estimate of drug-likeness (QED) is 0.647. The van der Waals surface area contributed by atoms with Crippen molar-refractivity contribution in [3.05, 3.63) is 59.9 Å². The highest BCUT2D eigenvalue weighted by Gasteiger charge is 2.17. The van der Waals surface area contributed by atoms with Gasteiger partial charge in [-0.1, -0.05) is 30.3 Å². The third kappa shape index (κ3) is 3.63. The summed E-state index contributed by atoms with van der Waals surface area (Å²) in [6.45, 7) is 1.91. The van der Waals surface area contributed by atoms with Crippen LogP contribution in [0.3, 0.4) is 0 Å². The molecular formula is C18H18O5. The maximum absolute atomic E-state index is 11.4. The van der Waals surface area contributed by atoms with Crippen molar-refractivity contribution in [1.82, 2.24) is 0 Å². The van der Waals surface area contributed by atoms with Crippen molar-refractivity contribution in [2.75, 3.05) is 14.2 Å². The van der Waals surface area contributed by atoms with E-state index in [1.807, 2.05) is 19.1 Å². The van der Waals surface area contributed by atoms with Gasteiger partial charge in [0.25, 0.3) is 0 Å². The molecule has 0 unspecified atom stereocenters. The van der Waals surface area contributed by atoms with Gasteiger partial charge in [0.05, 0.1) is 20.5 Å². The summed E-state index contributed by atoms with van der Waals surface area (Å²) in [5.74, 6) is 0.429. The summed E-state index contributed by atoms with van der Waals surface area (Å²) in [6, 6.07) is 12.4. The molecule has 0 aliphatic carbocycles. The average Bonchev–Trinajstić information content (AvgIpc) is 2.53. The molecule has 0 aliphatic heterocycles. The van der Waals surface area contributed by atoms with Crippen molar-refractivity contribution in [2.24, 2.45) is 0 Å². The molecular weight excluding hydrogens is 296 g/mol. The third-order valence-corrected chi connectivity index (χ3v) is 3.24. The number of hydrogen-bond donors (Lipinski definition) is 1. The van der Waals surface area contributed by atoms with Crippen LogP contribution in [0.4, 0.5) is 0 Å². The fraction of sp³-hybridized carbons (Fsp3) is 0.167. The first-order valence-corrected chi connectivity index (χ1v) is 6.95. The molecule has 2 rings (SSSR count). The van der Waals surface area contributed by atoms with Crippen molar-refractivity contribution in [1.29, 1.82) is 0 Å². The Hall–Kier alpha value is -2.95. The first kappa shape index (κ1) is 16.4. The Bertz CT molecular complexity index is 734. The van der Waals surface area contributed by atoms with E-state index in [4.69, 9.17) is 14.2 Å². The molecule has 0 radical (unpaired) electrons. The van der Waals surface area contributed by atoms with E-state index < -0.39 is 5.97 Å². The number of ether oxygens (including phenoxy) is 3. The topological polar surface area (TPSA) is 65.0 Å². The lowest BCUT2D eigenvalue weighted by molar-refractivity contribution is -0.130. The minimum atomic E-state index is -1.10. The number of carbonyl (C=O) groups is 1. The molecule has 0 bridgehead atoms. The van der Waals surface area contributed by atoms with Crippen LogP contribution in [0.2, 0.25) is 0 Å². The lowest BCUT2D eigenvalue weighted by Gasteiger charge is -2.15. The van der Waals surface area contributed by atoms with Gasteiger partial charge in [0.1, 0.15) is 11.3 Å². The minimum Gasteiger partial charge on any atom is -0.503 e. The molecule has 0 saturated heterocycles. The number of carboxylic acid groups (broad SMARTS) is 1. The number of aliphatic carboxylic acids is 1. The van der Waals surface area contributed by atoms with Crippen LogP contribution in [0.25, 0.3) is 5.57 Å². The van der Waals surface area contributed by atoms with E-state index >= 15 is 0 Å². The van der Waals surface area contributed by atoms with Gasteiger partial charge in [-0.25, -0.2) is 4.79 Å². The fourth-order valence-electron chi connectivity index (χ4n) is 2.21. The lowest BCUT2D eigenvalue weighted by Crippen LogP contribution is -2.02. The van der Waals surface area contributed by atoms with Crippen LogP contribution in [0.5, 0.6) is 17.2 Å². The fourth-order valence-corrected chi connectivity index (χ4v) is 2.21. The number of carboxylic acids is 1. The second kappa shape index (κ2) is 7.35. The number of hydrogen-bond acceptors (Lipinski definition) is 4. The van der Waals surface area contributed by atoms with E-state index in [-0.39, 0.29) is 5.57 Å². The van der Waals surface area contributed by atoms with Crippen molar-refractivity contribution >= 4 is 11.5 Å². The maximum atomic E-state index is 11.4. The average molecular weight is 314 g/mol. The molecule has 1 N–H and O–H groups in total. The van der Waals surface area contributed by atoms with Crippen LogP contribution in [0.15, 0.2) is 48.7 Å². The molecule has 0 spiro atoms. The molecule has 0 heterocycles. The van der Waals surface area contributed by atoms with Gasteiger partial charge >= 0.3 is 5.97 Å². The molecule has 2 aromatic rings. The second-order valence-corrected chi connectivity index (χ2v) is 4.78. The number of methoxy groups -OCH3 is 2. The van der Waals surface area contributed by atoms with Crippen LogP contribution in [-0.2, 0) is 9.53 Å². The molecule has 5 heteroatoms.